The molecule has 1 atom stereocenters. The van der Waals surface area contributed by atoms with Gasteiger partial charge in [0.15, 0.2) is 0 Å². The van der Waals surface area contributed by atoms with Crippen LogP contribution < -0.4 is 10.5 Å². The first-order chi connectivity index (χ1) is 14.1. The van der Waals surface area contributed by atoms with Crippen molar-refractivity contribution in [3.63, 3.8) is 0 Å². The lowest BCUT2D eigenvalue weighted by Gasteiger charge is -2.31. The van der Waals surface area contributed by atoms with Crippen LogP contribution in [0, 0.1) is 5.92 Å². The number of amides is 1. The number of benzene rings is 2. The van der Waals surface area contributed by atoms with Crippen LogP contribution in [0.3, 0.4) is 0 Å². The maximum atomic E-state index is 13.4. The summed E-state index contributed by atoms with van der Waals surface area (Å²) in [5.74, 6) is -1.09. The third-order valence-electron chi connectivity index (χ3n) is 4.61. The summed E-state index contributed by atoms with van der Waals surface area (Å²) >= 11 is 0. The van der Waals surface area contributed by atoms with Gasteiger partial charge in [-0.15, -0.1) is 0 Å². The number of rotatable bonds is 9. The fourth-order valence-corrected chi connectivity index (χ4v) is 4.78. The van der Waals surface area contributed by atoms with E-state index in [2.05, 4.69) is 4.74 Å². The van der Waals surface area contributed by atoms with Crippen LogP contribution in [-0.2, 0) is 26.1 Å². The van der Waals surface area contributed by atoms with E-state index in [4.69, 9.17) is 10.5 Å². The van der Waals surface area contributed by atoms with Gasteiger partial charge in [0, 0.05) is 6.54 Å². The van der Waals surface area contributed by atoms with Crippen LogP contribution in [0.25, 0.3) is 0 Å². The van der Waals surface area contributed by atoms with Gasteiger partial charge in [0.25, 0.3) is 0 Å². The summed E-state index contributed by atoms with van der Waals surface area (Å²) < 4.78 is 37.7. The highest BCUT2D eigenvalue weighted by atomic mass is 32.2. The summed E-state index contributed by atoms with van der Waals surface area (Å²) in [6.07, 6.45) is 0. The molecule has 0 heterocycles. The van der Waals surface area contributed by atoms with E-state index in [1.807, 2.05) is 0 Å². The largest absolute Gasteiger partial charge is 0.497 e. The minimum atomic E-state index is -4.06. The Bertz CT molecular complexity index is 985. The summed E-state index contributed by atoms with van der Waals surface area (Å²) in [5.41, 5.74) is 6.49. The standard InChI is InChI=1S/C21H26N2O6S/c1-14(2)19(20(22)24)23(13-15-5-7-16(8-6-15)21(25)29-4)30(26,27)18-11-9-17(28-3)10-12-18/h5-12,14,19H,13H2,1-4H3,(H2,22,24). The zero-order chi connectivity index (χ0) is 22.5. The number of esters is 1. The lowest BCUT2D eigenvalue weighted by atomic mass is 10.0. The Hall–Kier alpha value is -2.91. The number of ether oxygens (including phenoxy) is 2. The molecule has 30 heavy (non-hydrogen) atoms. The van der Waals surface area contributed by atoms with E-state index in [-0.39, 0.29) is 17.4 Å². The Balaban J connectivity index is 2.48. The normalized spacial score (nSPS) is 12.6. The van der Waals surface area contributed by atoms with Crippen LogP contribution in [0.4, 0.5) is 0 Å². The molecule has 0 aliphatic carbocycles. The first-order valence-corrected chi connectivity index (χ1v) is 10.7. The summed E-state index contributed by atoms with van der Waals surface area (Å²) in [6.45, 7) is 3.36. The van der Waals surface area contributed by atoms with Crippen molar-refractivity contribution >= 4 is 21.9 Å². The third kappa shape index (κ3) is 5.17. The highest BCUT2D eigenvalue weighted by Gasteiger charge is 2.37. The van der Waals surface area contributed by atoms with Gasteiger partial charge in [-0.3, -0.25) is 4.79 Å². The van der Waals surface area contributed by atoms with Gasteiger partial charge >= 0.3 is 5.97 Å². The predicted octanol–water partition coefficient (Wildman–Crippen LogP) is 2.18. The second kappa shape index (κ2) is 9.73. The minimum Gasteiger partial charge on any atom is -0.497 e. The highest BCUT2D eigenvalue weighted by molar-refractivity contribution is 7.89. The van der Waals surface area contributed by atoms with Gasteiger partial charge in [-0.1, -0.05) is 26.0 Å². The van der Waals surface area contributed by atoms with Crippen molar-refractivity contribution in [2.45, 2.75) is 31.3 Å². The molecule has 8 nitrogen and oxygen atoms in total. The fraction of sp³-hybridized carbons (Fsp3) is 0.333. The number of carbonyl (C=O) groups is 2. The number of primary amides is 1. The number of nitrogens with two attached hydrogens (primary N) is 1. The molecule has 0 saturated heterocycles. The van der Waals surface area contributed by atoms with Crippen molar-refractivity contribution in [1.82, 2.24) is 4.31 Å². The molecule has 0 spiro atoms. The van der Waals surface area contributed by atoms with Gasteiger partial charge in [-0.2, -0.15) is 4.31 Å². The quantitative estimate of drug-likeness (QED) is 0.605. The molecule has 9 heteroatoms. The Kier molecular flexibility index (Phi) is 7.58. The van der Waals surface area contributed by atoms with Crippen molar-refractivity contribution in [3.05, 3.63) is 59.7 Å². The van der Waals surface area contributed by atoms with Gasteiger partial charge in [-0.25, -0.2) is 13.2 Å². The van der Waals surface area contributed by atoms with Crippen LogP contribution in [-0.4, -0.2) is 44.9 Å². The van der Waals surface area contributed by atoms with Crippen molar-refractivity contribution in [2.24, 2.45) is 11.7 Å². The summed E-state index contributed by atoms with van der Waals surface area (Å²) in [4.78, 5) is 23.8. The van der Waals surface area contributed by atoms with Gasteiger partial charge < -0.3 is 15.2 Å². The average Bonchev–Trinajstić information content (AvgIpc) is 2.72. The second-order valence-electron chi connectivity index (χ2n) is 7.01. The SMILES string of the molecule is COC(=O)c1ccc(CN(C(C(N)=O)C(C)C)S(=O)(=O)c2ccc(OC)cc2)cc1. The van der Waals surface area contributed by atoms with Crippen molar-refractivity contribution in [3.8, 4) is 5.75 Å². The number of sulfonamides is 1. The molecule has 0 bridgehead atoms. The molecule has 2 aromatic rings. The molecule has 0 radical (unpaired) electrons. The van der Waals surface area contributed by atoms with Crippen molar-refractivity contribution in [1.29, 1.82) is 0 Å². The Morgan fingerprint density at radius 3 is 2.00 bits per heavy atom. The van der Waals surface area contributed by atoms with E-state index in [0.29, 0.717) is 16.9 Å². The van der Waals surface area contributed by atoms with E-state index < -0.39 is 27.9 Å². The van der Waals surface area contributed by atoms with Gasteiger partial charge in [0.2, 0.25) is 15.9 Å². The summed E-state index contributed by atoms with van der Waals surface area (Å²) in [5, 5.41) is 0. The van der Waals surface area contributed by atoms with E-state index in [0.717, 1.165) is 4.31 Å². The van der Waals surface area contributed by atoms with Crippen LogP contribution in [0.1, 0.15) is 29.8 Å². The van der Waals surface area contributed by atoms with Crippen molar-refractivity contribution in [2.75, 3.05) is 14.2 Å². The van der Waals surface area contributed by atoms with Crippen LogP contribution in [0.5, 0.6) is 5.75 Å². The minimum absolute atomic E-state index is 0.0152. The van der Waals surface area contributed by atoms with Gasteiger partial charge in [-0.05, 0) is 47.9 Å². The molecule has 0 saturated carbocycles. The maximum Gasteiger partial charge on any atom is 0.337 e. The molecular weight excluding hydrogens is 408 g/mol. The molecular formula is C21H26N2O6S. The molecule has 2 aromatic carbocycles. The molecule has 162 valence electrons. The monoisotopic (exact) mass is 434 g/mol. The van der Waals surface area contributed by atoms with Crippen LogP contribution in [0.2, 0.25) is 0 Å². The lowest BCUT2D eigenvalue weighted by molar-refractivity contribution is -0.123. The lowest BCUT2D eigenvalue weighted by Crippen LogP contribution is -2.50. The first-order valence-electron chi connectivity index (χ1n) is 9.24. The topological polar surface area (TPSA) is 116 Å². The number of hydrogen-bond acceptors (Lipinski definition) is 6. The first kappa shape index (κ1) is 23.4. The maximum absolute atomic E-state index is 13.4. The Morgan fingerprint density at radius 1 is 1.00 bits per heavy atom. The van der Waals surface area contributed by atoms with Crippen molar-refractivity contribution < 1.29 is 27.5 Å². The number of hydrogen-bond donors (Lipinski definition) is 1. The second-order valence-corrected chi connectivity index (χ2v) is 8.90. The van der Waals surface area contributed by atoms with Crippen LogP contribution >= 0.6 is 0 Å². The number of carbonyl (C=O) groups excluding carboxylic acids is 2. The molecule has 0 fully saturated rings. The highest BCUT2D eigenvalue weighted by Crippen LogP contribution is 2.26. The summed E-state index contributed by atoms with van der Waals surface area (Å²) in [7, 11) is -1.30. The number of nitrogens with zero attached hydrogens (tertiary/aromatic N) is 1. The fourth-order valence-electron chi connectivity index (χ4n) is 3.06. The van der Waals surface area contributed by atoms with Crippen LogP contribution in [0.15, 0.2) is 53.4 Å². The Labute approximate surface area is 176 Å². The van der Waals surface area contributed by atoms with E-state index in [9.17, 15) is 18.0 Å². The zero-order valence-corrected chi connectivity index (χ0v) is 18.2. The molecule has 2 N–H and O–H groups in total. The van der Waals surface area contributed by atoms with E-state index in [1.54, 1.807) is 26.0 Å². The van der Waals surface area contributed by atoms with E-state index >= 15 is 0 Å². The van der Waals surface area contributed by atoms with Gasteiger partial charge in [0.1, 0.15) is 11.8 Å². The molecule has 0 aliphatic rings. The zero-order valence-electron chi connectivity index (χ0n) is 17.4. The molecule has 2 rings (SSSR count). The number of methoxy groups -OCH3 is 2. The smallest absolute Gasteiger partial charge is 0.337 e. The molecule has 0 aliphatic heterocycles. The predicted molar refractivity (Wildman–Crippen MR) is 111 cm³/mol. The summed E-state index contributed by atoms with van der Waals surface area (Å²) in [6, 6.07) is 11.1. The van der Waals surface area contributed by atoms with E-state index in [1.165, 1.54) is 50.6 Å². The Morgan fingerprint density at radius 2 is 1.57 bits per heavy atom. The average molecular weight is 435 g/mol. The molecule has 1 unspecified atom stereocenters. The third-order valence-corrected chi connectivity index (χ3v) is 6.45. The molecule has 1 amide bonds. The van der Waals surface area contributed by atoms with Gasteiger partial charge in [0.05, 0.1) is 24.7 Å². The molecule has 0 aromatic heterocycles.